The van der Waals surface area contributed by atoms with Gasteiger partial charge in [-0.25, -0.2) is 9.67 Å². The van der Waals surface area contributed by atoms with Crippen molar-refractivity contribution in [2.24, 2.45) is 0 Å². The lowest BCUT2D eigenvalue weighted by molar-refractivity contribution is -0.143. The van der Waals surface area contributed by atoms with Crippen LogP contribution in [-0.4, -0.2) is 26.9 Å². The molecule has 27 heavy (non-hydrogen) atoms. The molecule has 140 valence electrons. The molecule has 0 aliphatic carbocycles. The van der Waals surface area contributed by atoms with Gasteiger partial charge in [0.25, 0.3) is 5.91 Å². The number of benzene rings is 1. The molecule has 1 aromatic carbocycles. The van der Waals surface area contributed by atoms with Crippen LogP contribution in [0.2, 0.25) is 5.02 Å². The summed E-state index contributed by atoms with van der Waals surface area (Å²) in [5, 5.41) is 7.12. The largest absolute Gasteiger partial charge is 0.434 e. The first-order chi connectivity index (χ1) is 12.8. The second-order valence-corrected chi connectivity index (χ2v) is 6.60. The minimum atomic E-state index is -4.80. The van der Waals surface area contributed by atoms with E-state index >= 15 is 0 Å². The van der Waals surface area contributed by atoms with Crippen LogP contribution in [0, 0.1) is 0 Å². The molecule has 0 spiro atoms. The van der Waals surface area contributed by atoms with E-state index in [1.165, 1.54) is 42.2 Å². The number of amides is 1. The number of hydrogen-bond acceptors (Lipinski definition) is 4. The highest BCUT2D eigenvalue weighted by Crippen LogP contribution is 2.34. The molecule has 0 aliphatic heterocycles. The Morgan fingerprint density at radius 1 is 1.22 bits per heavy atom. The number of carbonyl (C=O) groups is 1. The number of halogens is 4. The molecule has 0 aliphatic rings. The topological polar surface area (TPSA) is 59.8 Å². The molecule has 1 N–H and O–H groups in total. The van der Waals surface area contributed by atoms with Crippen LogP contribution in [0.3, 0.4) is 0 Å². The predicted molar refractivity (Wildman–Crippen MR) is 97.5 cm³/mol. The maximum Gasteiger partial charge on any atom is 0.434 e. The Hall–Kier alpha value is -2.52. The van der Waals surface area contributed by atoms with Crippen LogP contribution in [0.1, 0.15) is 16.1 Å². The SMILES string of the molecule is CSc1ccc(NC(=O)c2cnn(-c3cccc(Cl)c3)c2C(F)(F)F)cn1. The minimum Gasteiger partial charge on any atom is -0.320 e. The van der Waals surface area contributed by atoms with E-state index in [-0.39, 0.29) is 16.4 Å². The third kappa shape index (κ3) is 4.25. The number of pyridine rings is 1. The van der Waals surface area contributed by atoms with E-state index < -0.39 is 23.3 Å². The number of alkyl halides is 3. The molecule has 2 heterocycles. The Bertz CT molecular complexity index is 973. The molecule has 0 bridgehead atoms. The molecule has 0 saturated carbocycles. The molecule has 3 aromatic rings. The van der Waals surface area contributed by atoms with E-state index in [1.54, 1.807) is 12.1 Å². The summed E-state index contributed by atoms with van der Waals surface area (Å²) in [6, 6.07) is 8.99. The predicted octanol–water partition coefficient (Wildman–Crippen LogP) is 4.91. The van der Waals surface area contributed by atoms with Gasteiger partial charge >= 0.3 is 6.18 Å². The van der Waals surface area contributed by atoms with E-state index in [9.17, 15) is 18.0 Å². The van der Waals surface area contributed by atoms with E-state index in [0.29, 0.717) is 4.68 Å². The van der Waals surface area contributed by atoms with Gasteiger partial charge in [0.2, 0.25) is 0 Å². The maximum absolute atomic E-state index is 13.6. The number of anilines is 1. The highest BCUT2D eigenvalue weighted by atomic mass is 35.5. The molecule has 1 amide bonds. The summed E-state index contributed by atoms with van der Waals surface area (Å²) in [6.45, 7) is 0. The summed E-state index contributed by atoms with van der Waals surface area (Å²) in [4.78, 5) is 16.5. The fraction of sp³-hybridized carbons (Fsp3) is 0.118. The van der Waals surface area contributed by atoms with Crippen LogP contribution in [0.5, 0.6) is 0 Å². The van der Waals surface area contributed by atoms with Crippen LogP contribution >= 0.6 is 23.4 Å². The Morgan fingerprint density at radius 2 is 2.00 bits per heavy atom. The van der Waals surface area contributed by atoms with Crippen molar-refractivity contribution in [1.29, 1.82) is 0 Å². The zero-order chi connectivity index (χ0) is 19.6. The smallest absolute Gasteiger partial charge is 0.320 e. The van der Waals surface area contributed by atoms with Crippen LogP contribution < -0.4 is 5.32 Å². The molecule has 0 atom stereocenters. The highest BCUT2D eigenvalue weighted by Gasteiger charge is 2.40. The van der Waals surface area contributed by atoms with Crippen molar-refractivity contribution in [2.75, 3.05) is 11.6 Å². The maximum atomic E-state index is 13.6. The first kappa shape index (κ1) is 19.2. The zero-order valence-corrected chi connectivity index (χ0v) is 15.4. The summed E-state index contributed by atoms with van der Waals surface area (Å²) in [7, 11) is 0. The van der Waals surface area contributed by atoms with Crippen LogP contribution in [0.15, 0.2) is 53.8 Å². The number of carbonyl (C=O) groups excluding carboxylic acids is 1. The molecule has 5 nitrogen and oxygen atoms in total. The van der Waals surface area contributed by atoms with Gasteiger partial charge in [0.15, 0.2) is 5.69 Å². The molecule has 0 saturated heterocycles. The summed E-state index contributed by atoms with van der Waals surface area (Å²) in [6.07, 6.45) is -0.714. The number of aromatic nitrogens is 3. The van der Waals surface area contributed by atoms with Gasteiger partial charge in [-0.2, -0.15) is 18.3 Å². The molecule has 3 rings (SSSR count). The average molecular weight is 413 g/mol. The van der Waals surface area contributed by atoms with E-state index in [2.05, 4.69) is 15.4 Å². The monoisotopic (exact) mass is 412 g/mol. The van der Waals surface area contributed by atoms with Gasteiger partial charge < -0.3 is 5.32 Å². The molecule has 0 fully saturated rings. The highest BCUT2D eigenvalue weighted by molar-refractivity contribution is 7.98. The fourth-order valence-electron chi connectivity index (χ4n) is 2.36. The minimum absolute atomic E-state index is 0.0971. The molecule has 0 unspecified atom stereocenters. The Balaban J connectivity index is 1.98. The number of nitrogens with one attached hydrogen (secondary N) is 1. The van der Waals surface area contributed by atoms with Gasteiger partial charge in [-0.3, -0.25) is 4.79 Å². The van der Waals surface area contributed by atoms with Crippen molar-refractivity contribution in [3.05, 3.63) is 65.1 Å². The average Bonchev–Trinajstić information content (AvgIpc) is 3.08. The van der Waals surface area contributed by atoms with E-state index in [4.69, 9.17) is 11.6 Å². The fourth-order valence-corrected chi connectivity index (χ4v) is 2.91. The lowest BCUT2D eigenvalue weighted by Gasteiger charge is -2.13. The van der Waals surface area contributed by atoms with Gasteiger partial charge in [0, 0.05) is 5.02 Å². The Kier molecular flexibility index (Phi) is 5.43. The Labute approximate surface area is 161 Å². The van der Waals surface area contributed by atoms with Gasteiger partial charge in [0.1, 0.15) is 0 Å². The van der Waals surface area contributed by atoms with Gasteiger partial charge in [0.05, 0.1) is 34.4 Å². The number of hydrogen-bond donors (Lipinski definition) is 1. The molecular formula is C17H12ClF3N4OS. The number of nitrogens with zero attached hydrogens (tertiary/aromatic N) is 3. The molecular weight excluding hydrogens is 401 g/mol. The van der Waals surface area contributed by atoms with Crippen molar-refractivity contribution in [3.8, 4) is 5.69 Å². The molecule has 10 heteroatoms. The van der Waals surface area contributed by atoms with Gasteiger partial charge in [-0.15, -0.1) is 11.8 Å². The first-order valence-electron chi connectivity index (χ1n) is 7.52. The third-order valence-electron chi connectivity index (χ3n) is 3.54. The second-order valence-electron chi connectivity index (χ2n) is 5.34. The van der Waals surface area contributed by atoms with Gasteiger partial charge in [-0.05, 0) is 36.6 Å². The summed E-state index contributed by atoms with van der Waals surface area (Å²) >= 11 is 7.26. The van der Waals surface area contributed by atoms with Crippen LogP contribution in [0.4, 0.5) is 18.9 Å². The molecule has 0 radical (unpaired) electrons. The van der Waals surface area contributed by atoms with E-state index in [0.717, 1.165) is 11.2 Å². The lowest BCUT2D eigenvalue weighted by atomic mass is 10.2. The molecule has 2 aromatic heterocycles. The second kappa shape index (κ2) is 7.61. The van der Waals surface area contributed by atoms with Crippen molar-refractivity contribution in [2.45, 2.75) is 11.2 Å². The van der Waals surface area contributed by atoms with Crippen LogP contribution in [-0.2, 0) is 6.18 Å². The Morgan fingerprint density at radius 3 is 2.59 bits per heavy atom. The quantitative estimate of drug-likeness (QED) is 0.618. The van der Waals surface area contributed by atoms with Crippen molar-refractivity contribution < 1.29 is 18.0 Å². The summed E-state index contributed by atoms with van der Waals surface area (Å²) in [5.41, 5.74) is -1.41. The summed E-state index contributed by atoms with van der Waals surface area (Å²) in [5.74, 6) is -0.936. The third-order valence-corrected chi connectivity index (χ3v) is 4.43. The van der Waals surface area contributed by atoms with Crippen molar-refractivity contribution >= 4 is 35.0 Å². The lowest BCUT2D eigenvalue weighted by Crippen LogP contribution is -2.20. The normalized spacial score (nSPS) is 11.4. The number of thioether (sulfide) groups is 1. The zero-order valence-electron chi connectivity index (χ0n) is 13.8. The van der Waals surface area contributed by atoms with Crippen LogP contribution in [0.25, 0.3) is 5.69 Å². The standard InChI is InChI=1S/C17H12ClF3N4OS/c1-27-14-6-5-11(8-22-14)24-16(26)13-9-23-25(15(13)17(19,20)21)12-4-2-3-10(18)7-12/h2-9H,1H3,(H,24,26). The first-order valence-corrected chi connectivity index (χ1v) is 9.12. The summed E-state index contributed by atoms with van der Waals surface area (Å²) < 4.78 is 41.6. The van der Waals surface area contributed by atoms with Gasteiger partial charge in [-0.1, -0.05) is 17.7 Å². The van der Waals surface area contributed by atoms with E-state index in [1.807, 2.05) is 6.26 Å². The van der Waals surface area contributed by atoms with Crippen molar-refractivity contribution in [1.82, 2.24) is 14.8 Å². The number of rotatable bonds is 4. The van der Waals surface area contributed by atoms with Crippen molar-refractivity contribution in [3.63, 3.8) is 0 Å².